The van der Waals surface area contributed by atoms with Crippen molar-refractivity contribution in [2.24, 2.45) is 0 Å². The van der Waals surface area contributed by atoms with Gasteiger partial charge in [-0.15, -0.1) is 0 Å². The number of fused-ring (bicyclic) bond motifs is 1. The molecular formula is C22H20O5. The van der Waals surface area contributed by atoms with E-state index in [1.54, 1.807) is 32.4 Å². The highest BCUT2D eigenvalue weighted by Crippen LogP contribution is 2.38. The SMILES string of the molecule is COc1cc2ccccc2c(/C=C/C(=O)c2c(O)cccc2OC)c1OC. The summed E-state index contributed by atoms with van der Waals surface area (Å²) in [4.78, 5) is 12.7. The number of rotatable bonds is 6. The van der Waals surface area contributed by atoms with E-state index in [-0.39, 0.29) is 17.1 Å². The van der Waals surface area contributed by atoms with Gasteiger partial charge in [-0.3, -0.25) is 4.79 Å². The van der Waals surface area contributed by atoms with E-state index in [1.807, 2.05) is 30.3 Å². The summed E-state index contributed by atoms with van der Waals surface area (Å²) in [5, 5.41) is 11.9. The molecule has 0 heterocycles. The molecule has 0 unspecified atom stereocenters. The zero-order valence-corrected chi connectivity index (χ0v) is 15.4. The smallest absolute Gasteiger partial charge is 0.193 e. The lowest BCUT2D eigenvalue weighted by Gasteiger charge is -2.14. The standard InChI is InChI=1S/C22H20O5/c1-25-19-10-6-9-17(23)21(19)18(24)12-11-16-15-8-5-4-7-14(15)13-20(26-2)22(16)27-3/h4-13,23H,1-3H3/b12-11+. The maximum absolute atomic E-state index is 12.7. The number of ketones is 1. The van der Waals surface area contributed by atoms with Crippen molar-refractivity contribution in [1.82, 2.24) is 0 Å². The first-order chi connectivity index (χ1) is 13.1. The van der Waals surface area contributed by atoms with Crippen LogP contribution in [0.1, 0.15) is 15.9 Å². The Morgan fingerprint density at radius 1 is 0.926 bits per heavy atom. The first-order valence-electron chi connectivity index (χ1n) is 8.32. The number of benzene rings is 3. The molecule has 0 fully saturated rings. The average Bonchev–Trinajstić information content (AvgIpc) is 2.70. The molecule has 0 amide bonds. The van der Waals surface area contributed by atoms with Gasteiger partial charge in [0.25, 0.3) is 0 Å². The number of allylic oxidation sites excluding steroid dienone is 1. The molecule has 3 rings (SSSR count). The lowest BCUT2D eigenvalue weighted by Crippen LogP contribution is -2.00. The van der Waals surface area contributed by atoms with Gasteiger partial charge >= 0.3 is 0 Å². The highest BCUT2D eigenvalue weighted by Gasteiger charge is 2.16. The molecule has 0 radical (unpaired) electrons. The number of carbonyl (C=O) groups is 1. The number of phenolic OH excluding ortho intramolecular Hbond substituents is 1. The third kappa shape index (κ3) is 3.44. The van der Waals surface area contributed by atoms with Gasteiger partial charge in [-0.25, -0.2) is 0 Å². The molecule has 0 aliphatic heterocycles. The van der Waals surface area contributed by atoms with Crippen molar-refractivity contribution in [1.29, 1.82) is 0 Å². The van der Waals surface area contributed by atoms with Gasteiger partial charge in [0.15, 0.2) is 17.3 Å². The Labute approximate surface area is 157 Å². The van der Waals surface area contributed by atoms with Crippen LogP contribution in [-0.2, 0) is 0 Å². The molecule has 1 N–H and O–H groups in total. The van der Waals surface area contributed by atoms with Crippen molar-refractivity contribution >= 4 is 22.6 Å². The number of hydrogen-bond donors (Lipinski definition) is 1. The minimum atomic E-state index is -0.376. The van der Waals surface area contributed by atoms with E-state index < -0.39 is 0 Å². The summed E-state index contributed by atoms with van der Waals surface area (Å²) < 4.78 is 16.1. The summed E-state index contributed by atoms with van der Waals surface area (Å²) in [5.74, 6) is 0.908. The quantitative estimate of drug-likeness (QED) is 0.516. The summed E-state index contributed by atoms with van der Waals surface area (Å²) in [6.45, 7) is 0. The number of aromatic hydroxyl groups is 1. The first kappa shape index (κ1) is 18.3. The highest BCUT2D eigenvalue weighted by atomic mass is 16.5. The zero-order valence-electron chi connectivity index (χ0n) is 15.4. The van der Waals surface area contributed by atoms with Crippen LogP contribution in [0.25, 0.3) is 16.8 Å². The number of carbonyl (C=O) groups excluding carboxylic acids is 1. The van der Waals surface area contributed by atoms with Crippen molar-refractivity contribution in [2.45, 2.75) is 0 Å². The van der Waals surface area contributed by atoms with Crippen molar-refractivity contribution in [2.75, 3.05) is 21.3 Å². The van der Waals surface area contributed by atoms with E-state index in [9.17, 15) is 9.90 Å². The van der Waals surface area contributed by atoms with E-state index in [2.05, 4.69) is 0 Å². The molecule has 27 heavy (non-hydrogen) atoms. The lowest BCUT2D eigenvalue weighted by molar-refractivity contribution is 0.104. The minimum absolute atomic E-state index is 0.113. The fourth-order valence-electron chi connectivity index (χ4n) is 3.04. The summed E-state index contributed by atoms with van der Waals surface area (Å²) in [6, 6.07) is 14.3. The summed E-state index contributed by atoms with van der Waals surface area (Å²) in [7, 11) is 4.57. The molecule has 0 saturated carbocycles. The Balaban J connectivity index is 2.13. The van der Waals surface area contributed by atoms with E-state index in [0.29, 0.717) is 17.2 Å². The average molecular weight is 364 g/mol. The fraction of sp³-hybridized carbons (Fsp3) is 0.136. The third-order valence-electron chi connectivity index (χ3n) is 4.30. The number of methoxy groups -OCH3 is 3. The molecule has 3 aromatic rings. The van der Waals surface area contributed by atoms with Gasteiger partial charge in [-0.05, 0) is 41.1 Å². The molecule has 3 aromatic carbocycles. The van der Waals surface area contributed by atoms with E-state index in [1.165, 1.54) is 19.3 Å². The Kier molecular flexibility index (Phi) is 5.31. The maximum Gasteiger partial charge on any atom is 0.193 e. The maximum atomic E-state index is 12.7. The van der Waals surface area contributed by atoms with Gasteiger partial charge in [0.2, 0.25) is 0 Å². The predicted molar refractivity (Wildman–Crippen MR) is 105 cm³/mol. The topological polar surface area (TPSA) is 65.0 Å². The molecule has 5 heteroatoms. The third-order valence-corrected chi connectivity index (χ3v) is 4.30. The predicted octanol–water partition coefficient (Wildman–Crippen LogP) is 4.47. The second-order valence-corrected chi connectivity index (χ2v) is 5.80. The van der Waals surface area contributed by atoms with Crippen LogP contribution in [0.3, 0.4) is 0 Å². The molecule has 0 spiro atoms. The molecule has 0 aliphatic rings. The van der Waals surface area contributed by atoms with Crippen LogP contribution in [-0.4, -0.2) is 32.2 Å². The molecule has 0 aliphatic carbocycles. The molecule has 5 nitrogen and oxygen atoms in total. The van der Waals surface area contributed by atoms with Crippen LogP contribution in [0.4, 0.5) is 0 Å². The van der Waals surface area contributed by atoms with Gasteiger partial charge in [-0.2, -0.15) is 0 Å². The highest BCUT2D eigenvalue weighted by molar-refractivity contribution is 6.11. The van der Waals surface area contributed by atoms with Crippen LogP contribution < -0.4 is 14.2 Å². The Hall–Kier alpha value is -3.47. The van der Waals surface area contributed by atoms with Gasteiger partial charge in [0, 0.05) is 5.56 Å². The molecule has 0 saturated heterocycles. The Morgan fingerprint density at radius 2 is 1.67 bits per heavy atom. The van der Waals surface area contributed by atoms with Crippen LogP contribution >= 0.6 is 0 Å². The normalized spacial score (nSPS) is 10.9. The molecule has 138 valence electrons. The number of ether oxygens (including phenoxy) is 3. The van der Waals surface area contributed by atoms with Crippen molar-refractivity contribution in [3.05, 3.63) is 65.7 Å². The van der Waals surface area contributed by atoms with E-state index in [4.69, 9.17) is 14.2 Å². The molecule has 0 bridgehead atoms. The summed E-state index contributed by atoms with van der Waals surface area (Å²) >= 11 is 0. The van der Waals surface area contributed by atoms with Crippen molar-refractivity contribution in [3.8, 4) is 23.0 Å². The number of hydrogen-bond acceptors (Lipinski definition) is 5. The van der Waals surface area contributed by atoms with Gasteiger partial charge in [-0.1, -0.05) is 30.3 Å². The van der Waals surface area contributed by atoms with Gasteiger partial charge in [0.05, 0.1) is 21.3 Å². The monoisotopic (exact) mass is 364 g/mol. The van der Waals surface area contributed by atoms with Crippen LogP contribution in [0.15, 0.2) is 54.6 Å². The van der Waals surface area contributed by atoms with Gasteiger partial charge in [0.1, 0.15) is 17.1 Å². The Morgan fingerprint density at radius 3 is 2.37 bits per heavy atom. The molecule has 0 atom stereocenters. The van der Waals surface area contributed by atoms with Crippen molar-refractivity contribution < 1.29 is 24.1 Å². The minimum Gasteiger partial charge on any atom is -0.507 e. The lowest BCUT2D eigenvalue weighted by atomic mass is 10.0. The summed E-state index contributed by atoms with van der Waals surface area (Å²) in [6.07, 6.45) is 3.05. The molecular weight excluding hydrogens is 344 g/mol. The van der Waals surface area contributed by atoms with Crippen LogP contribution in [0.2, 0.25) is 0 Å². The fourth-order valence-corrected chi connectivity index (χ4v) is 3.04. The zero-order chi connectivity index (χ0) is 19.4. The second kappa shape index (κ2) is 7.83. The number of phenols is 1. The Bertz CT molecular complexity index is 1020. The van der Waals surface area contributed by atoms with Crippen molar-refractivity contribution in [3.63, 3.8) is 0 Å². The van der Waals surface area contributed by atoms with Crippen LogP contribution in [0, 0.1) is 0 Å². The second-order valence-electron chi connectivity index (χ2n) is 5.80. The van der Waals surface area contributed by atoms with Crippen LogP contribution in [0.5, 0.6) is 23.0 Å². The summed E-state index contributed by atoms with van der Waals surface area (Å²) in [5.41, 5.74) is 0.831. The molecule has 0 aromatic heterocycles. The van der Waals surface area contributed by atoms with Gasteiger partial charge < -0.3 is 19.3 Å². The largest absolute Gasteiger partial charge is 0.507 e. The van der Waals surface area contributed by atoms with E-state index in [0.717, 1.165) is 16.3 Å². The van der Waals surface area contributed by atoms with E-state index >= 15 is 0 Å². The first-order valence-corrected chi connectivity index (χ1v) is 8.32.